The van der Waals surface area contributed by atoms with E-state index in [1.54, 1.807) is 11.4 Å². The second-order valence-corrected chi connectivity index (χ2v) is 6.24. The van der Waals surface area contributed by atoms with Crippen molar-refractivity contribution in [3.05, 3.63) is 17.5 Å². The predicted octanol–water partition coefficient (Wildman–Crippen LogP) is -0.0884. The lowest BCUT2D eigenvalue weighted by molar-refractivity contribution is -0.122. The van der Waals surface area contributed by atoms with Crippen LogP contribution in [0.2, 0.25) is 0 Å². The Morgan fingerprint density at radius 3 is 2.72 bits per heavy atom. The zero-order valence-electron chi connectivity index (χ0n) is 9.75. The summed E-state index contributed by atoms with van der Waals surface area (Å²) in [6.45, 7) is 2.12. The fraction of sp³-hybridized carbons (Fsp3) is 0.444. The highest BCUT2D eigenvalue weighted by Crippen LogP contribution is 2.15. The molecule has 0 aromatic carbocycles. The van der Waals surface area contributed by atoms with Gasteiger partial charge >= 0.3 is 0 Å². The van der Waals surface area contributed by atoms with Crippen LogP contribution in [0.15, 0.2) is 21.7 Å². The van der Waals surface area contributed by atoms with Crippen LogP contribution in [0.25, 0.3) is 0 Å². The van der Waals surface area contributed by atoms with Crippen LogP contribution < -0.4 is 15.8 Å². The third-order valence-electron chi connectivity index (χ3n) is 1.93. The van der Waals surface area contributed by atoms with Crippen molar-refractivity contribution >= 4 is 39.7 Å². The third kappa shape index (κ3) is 4.91. The average molecular weight is 314 g/mol. The molecule has 9 heteroatoms. The van der Waals surface area contributed by atoms with Gasteiger partial charge in [-0.2, -0.15) is 4.72 Å². The van der Waals surface area contributed by atoms with Crippen molar-refractivity contribution < 1.29 is 13.2 Å². The Hall–Kier alpha value is -0.670. The Bertz CT molecular complexity index is 461. The molecule has 0 saturated heterocycles. The number of halogens is 1. The van der Waals surface area contributed by atoms with Crippen molar-refractivity contribution in [2.24, 2.45) is 5.73 Å². The number of carbonyl (C=O) groups excluding carboxylic acids is 1. The number of amides is 1. The molecule has 1 rings (SSSR count). The Labute approximate surface area is 116 Å². The van der Waals surface area contributed by atoms with E-state index in [0.717, 1.165) is 11.3 Å². The molecule has 0 spiro atoms. The highest BCUT2D eigenvalue weighted by Gasteiger charge is 2.22. The van der Waals surface area contributed by atoms with Crippen molar-refractivity contribution in [2.45, 2.75) is 17.2 Å². The van der Waals surface area contributed by atoms with Gasteiger partial charge in [-0.3, -0.25) is 4.79 Å². The van der Waals surface area contributed by atoms with E-state index in [9.17, 15) is 13.2 Å². The summed E-state index contributed by atoms with van der Waals surface area (Å²) < 4.78 is 26.0. The molecular formula is C9H16ClN3O3S2. The fourth-order valence-electron chi connectivity index (χ4n) is 1.11. The van der Waals surface area contributed by atoms with Crippen LogP contribution in [0.4, 0.5) is 0 Å². The molecule has 18 heavy (non-hydrogen) atoms. The zero-order chi connectivity index (χ0) is 12.9. The summed E-state index contributed by atoms with van der Waals surface area (Å²) in [5.74, 6) is -0.393. The summed E-state index contributed by atoms with van der Waals surface area (Å²) >= 11 is 1.10. The van der Waals surface area contributed by atoms with Gasteiger partial charge in [-0.25, -0.2) is 8.42 Å². The van der Waals surface area contributed by atoms with E-state index < -0.39 is 22.0 Å². The molecule has 1 unspecified atom stereocenters. The van der Waals surface area contributed by atoms with Crippen LogP contribution in [0, 0.1) is 0 Å². The van der Waals surface area contributed by atoms with Gasteiger partial charge in [-0.15, -0.1) is 23.7 Å². The summed E-state index contributed by atoms with van der Waals surface area (Å²) in [6.07, 6.45) is 0. The highest BCUT2D eigenvalue weighted by molar-refractivity contribution is 7.91. The van der Waals surface area contributed by atoms with Crippen LogP contribution >= 0.6 is 23.7 Å². The summed E-state index contributed by atoms with van der Waals surface area (Å²) in [7, 11) is -3.61. The largest absolute Gasteiger partial charge is 0.353 e. The van der Waals surface area contributed by atoms with Gasteiger partial charge in [0.2, 0.25) is 5.91 Å². The first-order valence-corrected chi connectivity index (χ1v) is 7.37. The molecule has 1 amide bonds. The molecule has 0 aliphatic rings. The number of hydrogen-bond acceptors (Lipinski definition) is 5. The Balaban J connectivity index is 0.00000289. The lowest BCUT2D eigenvalue weighted by atomic mass is 10.3. The molecule has 6 nitrogen and oxygen atoms in total. The Kier molecular flexibility index (Phi) is 7.41. The van der Waals surface area contributed by atoms with Crippen LogP contribution in [-0.4, -0.2) is 33.5 Å². The molecular weight excluding hydrogens is 298 g/mol. The van der Waals surface area contributed by atoms with Gasteiger partial charge in [-0.05, 0) is 18.4 Å². The standard InChI is InChI=1S/C9H15N3O3S2.ClH/c1-7(9(13)11-5-4-10)12-17(14,15)8-3-2-6-16-8;/h2-3,6-7,12H,4-5,10H2,1H3,(H,11,13);1H. The van der Waals surface area contributed by atoms with Crippen LogP contribution in [0.1, 0.15) is 6.92 Å². The summed E-state index contributed by atoms with van der Waals surface area (Å²) in [6, 6.07) is 2.30. The van der Waals surface area contributed by atoms with Crippen LogP contribution in [0.3, 0.4) is 0 Å². The van der Waals surface area contributed by atoms with Gasteiger partial charge in [0, 0.05) is 13.1 Å². The maximum Gasteiger partial charge on any atom is 0.250 e. The summed E-state index contributed by atoms with van der Waals surface area (Å²) in [5, 5.41) is 4.17. The Morgan fingerprint density at radius 2 is 2.22 bits per heavy atom. The minimum absolute atomic E-state index is 0. The molecule has 0 saturated carbocycles. The minimum Gasteiger partial charge on any atom is -0.353 e. The molecule has 0 radical (unpaired) electrons. The van der Waals surface area contributed by atoms with E-state index in [-0.39, 0.29) is 16.6 Å². The van der Waals surface area contributed by atoms with Gasteiger partial charge in [0.1, 0.15) is 4.21 Å². The fourth-order valence-corrected chi connectivity index (χ4v) is 3.32. The SMILES string of the molecule is CC(NS(=O)(=O)c1cccs1)C(=O)NCCN.Cl. The summed E-state index contributed by atoms with van der Waals surface area (Å²) in [5.41, 5.74) is 5.23. The first kappa shape index (κ1) is 17.3. The topological polar surface area (TPSA) is 101 Å². The Morgan fingerprint density at radius 1 is 1.56 bits per heavy atom. The van der Waals surface area contributed by atoms with Crippen LogP contribution in [-0.2, 0) is 14.8 Å². The number of sulfonamides is 1. The molecule has 0 bridgehead atoms. The molecule has 1 atom stereocenters. The maximum absolute atomic E-state index is 11.8. The number of thiophene rings is 1. The quantitative estimate of drug-likeness (QED) is 0.683. The van der Waals surface area contributed by atoms with E-state index >= 15 is 0 Å². The third-order valence-corrected chi connectivity index (χ3v) is 4.87. The van der Waals surface area contributed by atoms with E-state index in [4.69, 9.17) is 5.73 Å². The van der Waals surface area contributed by atoms with Gasteiger partial charge in [0.05, 0.1) is 6.04 Å². The van der Waals surface area contributed by atoms with Crippen LogP contribution in [0.5, 0.6) is 0 Å². The molecule has 104 valence electrons. The zero-order valence-corrected chi connectivity index (χ0v) is 12.2. The van der Waals surface area contributed by atoms with Gasteiger partial charge in [0.25, 0.3) is 10.0 Å². The highest BCUT2D eigenvalue weighted by atomic mass is 35.5. The average Bonchev–Trinajstić information content (AvgIpc) is 2.79. The minimum atomic E-state index is -3.61. The van der Waals surface area contributed by atoms with Crippen molar-refractivity contribution in [2.75, 3.05) is 13.1 Å². The van der Waals surface area contributed by atoms with E-state index in [1.165, 1.54) is 13.0 Å². The second-order valence-electron chi connectivity index (χ2n) is 3.35. The first-order valence-electron chi connectivity index (χ1n) is 5.01. The molecule has 0 fully saturated rings. The van der Waals surface area contributed by atoms with Gasteiger partial charge in [-0.1, -0.05) is 6.07 Å². The molecule has 1 heterocycles. The number of carbonyl (C=O) groups is 1. The van der Waals surface area contributed by atoms with Gasteiger partial charge in [0.15, 0.2) is 0 Å². The molecule has 1 aromatic heterocycles. The van der Waals surface area contributed by atoms with Crippen molar-refractivity contribution in [3.8, 4) is 0 Å². The number of nitrogens with two attached hydrogens (primary N) is 1. The predicted molar refractivity (Wildman–Crippen MR) is 73.4 cm³/mol. The monoisotopic (exact) mass is 313 g/mol. The number of hydrogen-bond donors (Lipinski definition) is 3. The smallest absolute Gasteiger partial charge is 0.250 e. The second kappa shape index (κ2) is 7.70. The summed E-state index contributed by atoms with van der Waals surface area (Å²) in [4.78, 5) is 11.5. The first-order chi connectivity index (χ1) is 7.97. The molecule has 0 aliphatic carbocycles. The lowest BCUT2D eigenvalue weighted by Gasteiger charge is -2.13. The van der Waals surface area contributed by atoms with Gasteiger partial charge < -0.3 is 11.1 Å². The van der Waals surface area contributed by atoms with E-state index in [2.05, 4.69) is 10.0 Å². The lowest BCUT2D eigenvalue weighted by Crippen LogP contribution is -2.45. The van der Waals surface area contributed by atoms with E-state index in [1.807, 2.05) is 0 Å². The normalized spacial score (nSPS) is 12.6. The maximum atomic E-state index is 11.8. The van der Waals surface area contributed by atoms with Crippen molar-refractivity contribution in [1.29, 1.82) is 0 Å². The molecule has 4 N–H and O–H groups in total. The van der Waals surface area contributed by atoms with Crippen molar-refractivity contribution in [1.82, 2.24) is 10.0 Å². The number of rotatable bonds is 6. The molecule has 1 aromatic rings. The van der Waals surface area contributed by atoms with Crippen molar-refractivity contribution in [3.63, 3.8) is 0 Å². The number of nitrogens with one attached hydrogen (secondary N) is 2. The van der Waals surface area contributed by atoms with E-state index in [0.29, 0.717) is 13.1 Å². The molecule has 0 aliphatic heterocycles.